The van der Waals surface area contributed by atoms with Crippen LogP contribution in [0.15, 0.2) is 36.4 Å². The lowest BCUT2D eigenvalue weighted by molar-refractivity contribution is 0.560. The molecular formula is C16H19N3. The number of benzene rings is 1. The Balaban J connectivity index is 2.07. The molecule has 0 spiro atoms. The van der Waals surface area contributed by atoms with Crippen LogP contribution in [0.2, 0.25) is 0 Å². The fraction of sp³-hybridized carbons (Fsp3) is 0.312. The molecule has 1 aliphatic rings. The highest BCUT2D eigenvalue weighted by Crippen LogP contribution is 2.34. The molecule has 2 N–H and O–H groups in total. The lowest BCUT2D eigenvalue weighted by atomic mass is 9.94. The molecule has 1 aliphatic heterocycles. The molecule has 3 nitrogen and oxygen atoms in total. The van der Waals surface area contributed by atoms with Gasteiger partial charge in [0.05, 0.1) is 11.4 Å². The smallest absolute Gasteiger partial charge is 0.133 e. The highest BCUT2D eigenvalue weighted by atomic mass is 15.2. The molecule has 0 aliphatic carbocycles. The van der Waals surface area contributed by atoms with E-state index in [9.17, 15) is 0 Å². The number of fused-ring (bicyclic) bond motifs is 1. The summed E-state index contributed by atoms with van der Waals surface area (Å²) in [7, 11) is 0. The lowest BCUT2D eigenvalue weighted by Crippen LogP contribution is -2.31. The van der Waals surface area contributed by atoms with E-state index in [1.54, 1.807) is 0 Å². The van der Waals surface area contributed by atoms with Gasteiger partial charge in [0.25, 0.3) is 0 Å². The van der Waals surface area contributed by atoms with Gasteiger partial charge < -0.3 is 10.6 Å². The van der Waals surface area contributed by atoms with E-state index in [1.807, 2.05) is 19.1 Å². The summed E-state index contributed by atoms with van der Waals surface area (Å²) in [6, 6.07) is 12.5. The normalized spacial score (nSPS) is 18.2. The molecule has 0 radical (unpaired) electrons. The number of rotatable bonds is 1. The van der Waals surface area contributed by atoms with E-state index in [2.05, 4.69) is 41.1 Å². The fourth-order valence-corrected chi connectivity index (χ4v) is 2.72. The van der Waals surface area contributed by atoms with E-state index in [-0.39, 0.29) is 0 Å². The van der Waals surface area contributed by atoms with Crippen LogP contribution in [-0.2, 0) is 6.42 Å². The molecule has 0 fully saturated rings. The van der Waals surface area contributed by atoms with Gasteiger partial charge in [-0.05, 0) is 43.0 Å². The largest absolute Gasteiger partial charge is 0.397 e. The van der Waals surface area contributed by atoms with Crippen LogP contribution in [0.25, 0.3) is 0 Å². The van der Waals surface area contributed by atoms with Crippen LogP contribution in [-0.4, -0.2) is 11.5 Å². The van der Waals surface area contributed by atoms with Gasteiger partial charge in [0.2, 0.25) is 0 Å². The highest BCUT2D eigenvalue weighted by molar-refractivity contribution is 5.66. The van der Waals surface area contributed by atoms with Gasteiger partial charge in [-0.15, -0.1) is 0 Å². The first-order chi connectivity index (χ1) is 9.15. The second-order valence-corrected chi connectivity index (χ2v) is 5.39. The molecule has 1 aromatic heterocycles. The van der Waals surface area contributed by atoms with Crippen LogP contribution in [0.5, 0.6) is 0 Å². The summed E-state index contributed by atoms with van der Waals surface area (Å²) < 4.78 is 0. The number of aryl methyl sites for hydroxylation is 1. The van der Waals surface area contributed by atoms with Crippen LogP contribution in [0, 0.1) is 12.8 Å². The molecule has 3 heteroatoms. The first kappa shape index (κ1) is 12.0. The Labute approximate surface area is 114 Å². The predicted octanol–water partition coefficient (Wildman–Crippen LogP) is 3.30. The average molecular weight is 253 g/mol. The van der Waals surface area contributed by atoms with Crippen molar-refractivity contribution in [2.45, 2.75) is 20.3 Å². The highest BCUT2D eigenvalue weighted by Gasteiger charge is 2.23. The van der Waals surface area contributed by atoms with Gasteiger partial charge in [-0.3, -0.25) is 0 Å². The number of aromatic nitrogens is 1. The van der Waals surface area contributed by atoms with Crippen LogP contribution in [0.1, 0.15) is 18.2 Å². The van der Waals surface area contributed by atoms with Crippen LogP contribution in [0.3, 0.4) is 0 Å². The average Bonchev–Trinajstić information content (AvgIpc) is 2.41. The molecule has 0 saturated heterocycles. The molecule has 2 aromatic rings. The van der Waals surface area contributed by atoms with Crippen molar-refractivity contribution in [3.63, 3.8) is 0 Å². The topological polar surface area (TPSA) is 42.2 Å². The molecule has 3 rings (SSSR count). The molecule has 0 amide bonds. The fourth-order valence-electron chi connectivity index (χ4n) is 2.72. The number of hydrogen-bond acceptors (Lipinski definition) is 3. The van der Waals surface area contributed by atoms with Gasteiger partial charge in [0.1, 0.15) is 5.82 Å². The number of nitrogen functional groups attached to an aromatic ring is 1. The van der Waals surface area contributed by atoms with Crippen molar-refractivity contribution >= 4 is 17.2 Å². The van der Waals surface area contributed by atoms with Crippen LogP contribution < -0.4 is 10.6 Å². The Hall–Kier alpha value is -2.03. The predicted molar refractivity (Wildman–Crippen MR) is 79.7 cm³/mol. The van der Waals surface area contributed by atoms with Crippen molar-refractivity contribution < 1.29 is 0 Å². The Morgan fingerprint density at radius 2 is 2.00 bits per heavy atom. The molecule has 1 atom stereocenters. The van der Waals surface area contributed by atoms with Gasteiger partial charge in [0, 0.05) is 12.2 Å². The molecule has 98 valence electrons. The molecule has 19 heavy (non-hydrogen) atoms. The minimum absolute atomic E-state index is 0.634. The quantitative estimate of drug-likeness (QED) is 0.848. The van der Waals surface area contributed by atoms with Gasteiger partial charge in [-0.2, -0.15) is 0 Å². The van der Waals surface area contributed by atoms with Crippen molar-refractivity contribution in [2.75, 3.05) is 17.2 Å². The summed E-state index contributed by atoms with van der Waals surface area (Å²) in [5.74, 6) is 1.63. The Bertz CT molecular complexity index is 607. The van der Waals surface area contributed by atoms with E-state index in [0.29, 0.717) is 5.92 Å². The van der Waals surface area contributed by atoms with Gasteiger partial charge in [0.15, 0.2) is 0 Å². The SMILES string of the molecule is Cc1nc(N2CC(C)Cc3ccccc32)ccc1N. The molecule has 1 aromatic carbocycles. The van der Waals surface area contributed by atoms with Crippen molar-refractivity contribution in [1.29, 1.82) is 0 Å². The van der Waals surface area contributed by atoms with Crippen molar-refractivity contribution in [3.8, 4) is 0 Å². The number of nitrogens with zero attached hydrogens (tertiary/aromatic N) is 2. The number of hydrogen-bond donors (Lipinski definition) is 1. The summed E-state index contributed by atoms with van der Waals surface area (Å²) in [5, 5.41) is 0. The molecule has 1 unspecified atom stereocenters. The van der Waals surface area contributed by atoms with Crippen molar-refractivity contribution in [1.82, 2.24) is 4.98 Å². The number of anilines is 3. The maximum absolute atomic E-state index is 5.86. The number of nitrogens with two attached hydrogens (primary N) is 1. The minimum Gasteiger partial charge on any atom is -0.397 e. The zero-order valence-electron chi connectivity index (χ0n) is 11.4. The number of pyridine rings is 1. The standard InChI is InChI=1S/C16H19N3/c1-11-9-13-5-3-4-6-15(13)19(10-11)16-8-7-14(17)12(2)18-16/h3-8,11H,9-10,17H2,1-2H3. The summed E-state index contributed by atoms with van der Waals surface area (Å²) in [6.07, 6.45) is 1.14. The van der Waals surface area contributed by atoms with Gasteiger partial charge >= 0.3 is 0 Å². The zero-order valence-corrected chi connectivity index (χ0v) is 11.4. The first-order valence-corrected chi connectivity index (χ1v) is 6.73. The van der Waals surface area contributed by atoms with E-state index in [0.717, 1.165) is 30.2 Å². The maximum Gasteiger partial charge on any atom is 0.133 e. The van der Waals surface area contributed by atoms with E-state index < -0.39 is 0 Å². The van der Waals surface area contributed by atoms with E-state index in [4.69, 9.17) is 5.73 Å². The summed E-state index contributed by atoms with van der Waals surface area (Å²) in [4.78, 5) is 6.93. The Morgan fingerprint density at radius 1 is 1.21 bits per heavy atom. The second kappa shape index (κ2) is 4.57. The summed E-state index contributed by atoms with van der Waals surface area (Å²) in [5.41, 5.74) is 10.2. The van der Waals surface area contributed by atoms with E-state index in [1.165, 1.54) is 11.3 Å². The third kappa shape index (κ3) is 2.16. The monoisotopic (exact) mass is 253 g/mol. The van der Waals surface area contributed by atoms with Crippen LogP contribution in [0.4, 0.5) is 17.2 Å². The molecule has 2 heterocycles. The lowest BCUT2D eigenvalue weighted by Gasteiger charge is -2.34. The first-order valence-electron chi connectivity index (χ1n) is 6.73. The second-order valence-electron chi connectivity index (χ2n) is 5.39. The van der Waals surface area contributed by atoms with Crippen molar-refractivity contribution in [3.05, 3.63) is 47.7 Å². The summed E-state index contributed by atoms with van der Waals surface area (Å²) in [6.45, 7) is 5.25. The zero-order chi connectivity index (χ0) is 13.4. The molecule has 0 bridgehead atoms. The van der Waals surface area contributed by atoms with Crippen molar-refractivity contribution in [2.24, 2.45) is 5.92 Å². The Morgan fingerprint density at radius 3 is 2.79 bits per heavy atom. The van der Waals surface area contributed by atoms with Gasteiger partial charge in [-0.25, -0.2) is 4.98 Å². The molecule has 0 saturated carbocycles. The van der Waals surface area contributed by atoms with Crippen LogP contribution >= 0.6 is 0 Å². The van der Waals surface area contributed by atoms with E-state index >= 15 is 0 Å². The minimum atomic E-state index is 0.634. The third-order valence-corrected chi connectivity index (χ3v) is 3.73. The number of para-hydroxylation sites is 1. The maximum atomic E-state index is 5.86. The third-order valence-electron chi connectivity index (χ3n) is 3.73. The Kier molecular flexibility index (Phi) is 2.90. The van der Waals surface area contributed by atoms with Gasteiger partial charge in [-0.1, -0.05) is 25.1 Å². The molecular weight excluding hydrogens is 234 g/mol. The summed E-state index contributed by atoms with van der Waals surface area (Å²) >= 11 is 0.